The molecule has 25 rings (SSSR count). The number of carbonyl (C=O) groups is 4. The second-order valence-electron chi connectivity index (χ2n) is 39.0. The number of benzene rings is 4. The van der Waals surface area contributed by atoms with Crippen LogP contribution < -0.4 is 60.5 Å². The lowest BCUT2D eigenvalue weighted by Gasteiger charge is -2.37. The Morgan fingerprint density at radius 2 is 0.596 bits per heavy atom. The Hall–Kier alpha value is -13.2. The minimum absolute atomic E-state index is 0.0995. The van der Waals surface area contributed by atoms with Crippen LogP contribution in [0.4, 0.5) is 47.1 Å². The summed E-state index contributed by atoms with van der Waals surface area (Å²) in [7, 11) is 6.54. The summed E-state index contributed by atoms with van der Waals surface area (Å²) >= 11 is 0. The van der Waals surface area contributed by atoms with E-state index in [1.165, 1.54) is 0 Å². The fraction of sp³-hybridized carbons (Fsp3) is 0.467. The maximum absolute atomic E-state index is 12.2. The van der Waals surface area contributed by atoms with Crippen LogP contribution in [0.2, 0.25) is 0 Å². The largest absolute Gasteiger partial charge is 0.378 e. The number of hydrogen-bond donors (Lipinski definition) is 4. The Balaban J connectivity index is 0.000000108. The lowest BCUT2D eigenvalue weighted by Crippen LogP contribution is -2.47. The topological polar surface area (TPSA) is 371 Å². The minimum atomic E-state index is -0.123. The molecule has 36 heteroatoms. The van der Waals surface area contributed by atoms with Crippen LogP contribution in [0.3, 0.4) is 0 Å². The standard InChI is InChI=1S/C27H30N6O3.C27H32N6O3.C26H30N6O3.C25H28N6O3/c1-28-26(34)17-4-2-3-16(11-17)23-10-9-22-24(29-23)30-27(32-12-20-7-8-21(13-32)36-20)31-25(22)33-18-5-6-19(33)15-35-14-18;1-16-12-33(13-17(2)35-16)27-30-24-22(25(31-27)32-14-20-7-8-21(15-32)36-20)9-10-23(29-24)18-5-4-6-19(11-18)26(34)28-3;1-16-15-34-11-10-32(16)26-29-23-21(24(30-26)31-13-19-6-7-20(14-31)35-19)8-9-22(28-23)17-4-3-5-18(12-17)25(33)27-2;1-26-24(32)17-4-2-3-16(13-17)21-8-7-20-22(27-21)28-25(30-9-11-33-12-10-30)29-23(20)31-14-18-5-6-19(15-31)34-18/h2-4,9-11,18-21H,5-8,12-15H2,1H3,(H,28,34);4-6,9-11,16-17,20-21H,7-8,12-15H2,1-3H3,(H,28,34);3-5,8-9,12,16,19-20H,6-7,10-11,13-15H2,1-2H3,(H,27,33);2-4,7-8,13,18-19H,5-6,9-12,14-15H2,1H3,(H,26,32)/t;16-,17+,20?,21?;16-,19?,20?;/m..0./s1. The second-order valence-corrected chi connectivity index (χ2v) is 39.0. The fourth-order valence-electron chi connectivity index (χ4n) is 22.1. The summed E-state index contributed by atoms with van der Waals surface area (Å²) in [5, 5.41) is 14.5. The van der Waals surface area contributed by atoms with Crippen molar-refractivity contribution in [1.82, 2.24) is 81.1 Å². The maximum Gasteiger partial charge on any atom is 0.251 e. The first-order valence-corrected chi connectivity index (χ1v) is 50.0. The third-order valence-electron chi connectivity index (χ3n) is 29.2. The van der Waals surface area contributed by atoms with Crippen molar-refractivity contribution in [1.29, 1.82) is 0 Å². The van der Waals surface area contributed by atoms with E-state index >= 15 is 0 Å². The third kappa shape index (κ3) is 19.7. The smallest absolute Gasteiger partial charge is 0.251 e. The molecular formula is C105H120N24O12. The molecule has 13 aliphatic rings. The molecule has 10 unspecified atom stereocenters. The summed E-state index contributed by atoms with van der Waals surface area (Å²) in [4.78, 5) is 127. The molecule has 21 heterocycles. The van der Waals surface area contributed by atoms with E-state index in [0.29, 0.717) is 101 Å². The molecule has 8 aromatic heterocycles. The maximum atomic E-state index is 12.2. The molecule has 13 atom stereocenters. The van der Waals surface area contributed by atoms with Crippen LogP contribution >= 0.6 is 0 Å². The summed E-state index contributed by atoms with van der Waals surface area (Å²) in [6.45, 7) is 20.7. The molecule has 0 spiro atoms. The van der Waals surface area contributed by atoms with Crippen molar-refractivity contribution >= 4 is 115 Å². The number of amides is 4. The van der Waals surface area contributed by atoms with Crippen LogP contribution in [0.15, 0.2) is 146 Å². The molecule has 4 aromatic carbocycles. The number of hydrogen-bond acceptors (Lipinski definition) is 32. The molecule has 4 N–H and O–H groups in total. The van der Waals surface area contributed by atoms with Crippen molar-refractivity contribution in [2.24, 2.45) is 0 Å². The predicted molar refractivity (Wildman–Crippen MR) is 538 cm³/mol. The molecule has 0 radical (unpaired) electrons. The first-order valence-electron chi connectivity index (χ1n) is 50.0. The van der Waals surface area contributed by atoms with Gasteiger partial charge in [-0.2, -0.15) is 39.9 Å². The van der Waals surface area contributed by atoms with Crippen LogP contribution in [0.25, 0.3) is 89.2 Å². The zero-order chi connectivity index (χ0) is 96.0. The van der Waals surface area contributed by atoms with Gasteiger partial charge in [0.05, 0.1) is 163 Å². The highest BCUT2D eigenvalue weighted by Crippen LogP contribution is 2.43. The van der Waals surface area contributed by atoms with Gasteiger partial charge in [-0.25, -0.2) is 19.9 Å². The van der Waals surface area contributed by atoms with Crippen molar-refractivity contribution in [3.63, 3.8) is 0 Å². The van der Waals surface area contributed by atoms with Crippen LogP contribution in [0.5, 0.6) is 0 Å². The zero-order valence-electron chi connectivity index (χ0n) is 80.7. The second kappa shape index (κ2) is 40.4. The van der Waals surface area contributed by atoms with Gasteiger partial charge in [0.1, 0.15) is 23.3 Å². The lowest BCUT2D eigenvalue weighted by molar-refractivity contribution is -0.00572. The summed E-state index contributed by atoms with van der Waals surface area (Å²) in [6, 6.07) is 47.1. The van der Waals surface area contributed by atoms with Crippen molar-refractivity contribution < 1.29 is 57.1 Å². The molecule has 36 nitrogen and oxygen atoms in total. The average Bonchev–Trinajstić information content (AvgIpc) is 1.67. The Morgan fingerprint density at radius 3 is 0.943 bits per heavy atom. The van der Waals surface area contributed by atoms with Crippen LogP contribution in [0.1, 0.15) is 126 Å². The summed E-state index contributed by atoms with van der Waals surface area (Å²) in [5.74, 6) is 6.02. The number of morpholine rings is 8. The zero-order valence-corrected chi connectivity index (χ0v) is 80.7. The van der Waals surface area contributed by atoms with Gasteiger partial charge in [0.15, 0.2) is 22.6 Å². The van der Waals surface area contributed by atoms with Gasteiger partial charge in [-0.05, 0) is 182 Å². The molecule has 732 valence electrons. The van der Waals surface area contributed by atoms with Gasteiger partial charge in [0.2, 0.25) is 23.8 Å². The number of nitrogens with one attached hydrogen (secondary N) is 4. The first-order chi connectivity index (χ1) is 68.9. The number of fused-ring (bicyclic) bond motifs is 14. The van der Waals surface area contributed by atoms with Gasteiger partial charge in [0, 0.05) is 158 Å². The number of aromatic nitrogens is 12. The van der Waals surface area contributed by atoms with Gasteiger partial charge in [-0.15, -0.1) is 0 Å². The van der Waals surface area contributed by atoms with E-state index in [0.717, 1.165) is 258 Å². The van der Waals surface area contributed by atoms with Gasteiger partial charge in [-0.3, -0.25) is 19.2 Å². The number of nitrogens with zero attached hydrogens (tertiary/aromatic N) is 20. The van der Waals surface area contributed by atoms with Gasteiger partial charge in [-0.1, -0.05) is 48.5 Å². The first kappa shape index (κ1) is 92.8. The van der Waals surface area contributed by atoms with Crippen LogP contribution in [-0.4, -0.2) is 316 Å². The van der Waals surface area contributed by atoms with E-state index in [2.05, 4.69) is 106 Å². The quantitative estimate of drug-likeness (QED) is 0.0698. The monoisotopic (exact) mass is 1910 g/mol. The Bertz CT molecular complexity index is 6630. The number of ether oxygens (including phenoxy) is 8. The number of carbonyl (C=O) groups excluding carboxylic acids is 4. The van der Waals surface area contributed by atoms with E-state index < -0.39 is 0 Å². The average molecular weight is 1910 g/mol. The number of anilines is 8. The molecule has 10 bridgehead atoms. The number of rotatable bonds is 16. The molecule has 141 heavy (non-hydrogen) atoms. The highest BCUT2D eigenvalue weighted by atomic mass is 16.5. The Morgan fingerprint density at radius 1 is 0.291 bits per heavy atom. The molecule has 0 saturated carbocycles. The van der Waals surface area contributed by atoms with Gasteiger partial charge >= 0.3 is 0 Å². The molecule has 4 amide bonds. The Labute approximate surface area is 817 Å². The number of pyridine rings is 4. The van der Waals surface area contributed by atoms with Crippen molar-refractivity contribution in [2.45, 2.75) is 164 Å². The molecule has 13 aliphatic heterocycles. The van der Waals surface area contributed by atoms with Crippen molar-refractivity contribution in [3.8, 4) is 45.0 Å². The van der Waals surface area contributed by atoms with E-state index in [9.17, 15) is 19.2 Å². The van der Waals surface area contributed by atoms with Crippen LogP contribution in [-0.2, 0) is 37.9 Å². The molecule has 13 fully saturated rings. The van der Waals surface area contributed by atoms with Crippen LogP contribution in [0, 0.1) is 0 Å². The summed E-state index contributed by atoms with van der Waals surface area (Å²) in [5.41, 5.74) is 11.7. The van der Waals surface area contributed by atoms with Gasteiger partial charge in [0.25, 0.3) is 23.6 Å². The highest BCUT2D eigenvalue weighted by Gasteiger charge is 2.44. The van der Waals surface area contributed by atoms with E-state index in [1.807, 2.05) is 103 Å². The molecular weight excluding hydrogens is 1790 g/mol. The van der Waals surface area contributed by atoms with Crippen molar-refractivity contribution in [2.75, 3.05) is 192 Å². The van der Waals surface area contributed by atoms with E-state index in [1.54, 1.807) is 46.4 Å². The predicted octanol–water partition coefficient (Wildman–Crippen LogP) is 10.7. The summed E-state index contributed by atoms with van der Waals surface area (Å²) < 4.78 is 47.3. The summed E-state index contributed by atoms with van der Waals surface area (Å²) in [6.07, 6.45) is 13.2. The SMILES string of the molecule is CNC(=O)c1cccc(-c2ccc3c(N4C5CCC4COC5)nc(N4CC5CCC(C4)O5)nc3n2)c1.CNC(=O)c1cccc(-c2ccc3c(N4CC5CCC(C4)O5)nc(N4CCOCC4)nc3n2)c1.CNC(=O)c1cccc(-c2ccc3c(N4CC5CCC(C4)O5)nc(N4CCOC[C@@H]4C)nc3n2)c1.CNC(=O)c1cccc(-c2ccc3c(N4CC5CCC(C4)O5)nc(N4C[C@@H](C)O[C@@H](C)C4)nc3n2)c1. The molecule has 13 saturated heterocycles. The third-order valence-corrected chi connectivity index (χ3v) is 29.2. The normalized spacial score (nSPS) is 24.9. The highest BCUT2D eigenvalue weighted by molar-refractivity contribution is 6.00. The lowest BCUT2D eigenvalue weighted by atomic mass is 10.1. The van der Waals surface area contributed by atoms with Crippen molar-refractivity contribution in [3.05, 3.63) is 168 Å². The Kier molecular flexibility index (Phi) is 26.6. The van der Waals surface area contributed by atoms with Gasteiger partial charge < -0.3 is 98.4 Å². The van der Waals surface area contributed by atoms with E-state index in [4.69, 9.17) is 97.7 Å². The molecule has 0 aliphatic carbocycles. The molecule has 12 aromatic rings. The van der Waals surface area contributed by atoms with E-state index in [-0.39, 0.29) is 90.7 Å². The fourth-order valence-corrected chi connectivity index (χ4v) is 22.1. The minimum Gasteiger partial charge on any atom is -0.378 e.